The molecule has 23 heavy (non-hydrogen) atoms. The molecule has 0 saturated heterocycles. The molecule has 0 fully saturated rings. The molecule has 5 nitrogen and oxygen atoms in total. The number of esters is 1. The predicted molar refractivity (Wildman–Crippen MR) is 82.1 cm³/mol. The molecule has 0 aromatic heterocycles. The van der Waals surface area contributed by atoms with E-state index in [1.807, 2.05) is 13.8 Å². The molecular weight excluding hydrogens is 301 g/mol. The van der Waals surface area contributed by atoms with Gasteiger partial charge in [-0.05, 0) is 24.5 Å². The van der Waals surface area contributed by atoms with Gasteiger partial charge in [-0.3, -0.25) is 4.79 Å². The smallest absolute Gasteiger partial charge is 0.328 e. The molecule has 1 heterocycles. The molecule has 1 aliphatic rings. The fourth-order valence-electron chi connectivity index (χ4n) is 2.44. The standard InChI is InChI=1S/C17H20FNO4/c1-11(2)8-14(17(21)22-3)19-10-12(9-16(19)20)23-15-7-5-4-6-13(15)18/h4-7,9,11,14H,8,10H2,1-3H3/t14-/m0/s1. The minimum atomic E-state index is -0.675. The van der Waals surface area contributed by atoms with Crippen LogP contribution in [0.15, 0.2) is 36.1 Å². The van der Waals surface area contributed by atoms with Gasteiger partial charge in [0, 0.05) is 6.08 Å². The predicted octanol–water partition coefficient (Wildman–Crippen LogP) is 2.52. The van der Waals surface area contributed by atoms with E-state index < -0.39 is 17.8 Å². The summed E-state index contributed by atoms with van der Waals surface area (Å²) in [6.45, 7) is 4.03. The first-order chi connectivity index (χ1) is 10.9. The lowest BCUT2D eigenvalue weighted by atomic mass is 10.0. The van der Waals surface area contributed by atoms with E-state index in [9.17, 15) is 14.0 Å². The Labute approximate surface area is 134 Å². The van der Waals surface area contributed by atoms with Crippen LogP contribution in [-0.2, 0) is 14.3 Å². The summed E-state index contributed by atoms with van der Waals surface area (Å²) in [5.41, 5.74) is 0. The minimum absolute atomic E-state index is 0.0480. The van der Waals surface area contributed by atoms with Crippen molar-refractivity contribution >= 4 is 11.9 Å². The molecule has 0 saturated carbocycles. The number of hydrogen-bond acceptors (Lipinski definition) is 4. The lowest BCUT2D eigenvalue weighted by Gasteiger charge is -2.27. The van der Waals surface area contributed by atoms with Gasteiger partial charge < -0.3 is 14.4 Å². The normalized spacial score (nSPS) is 15.6. The molecule has 1 amide bonds. The maximum atomic E-state index is 13.6. The summed E-state index contributed by atoms with van der Waals surface area (Å²) in [5.74, 6) is -0.751. The summed E-state index contributed by atoms with van der Waals surface area (Å²) in [6.07, 6.45) is 1.77. The van der Waals surface area contributed by atoms with E-state index in [-0.39, 0.29) is 24.1 Å². The van der Waals surface area contributed by atoms with Crippen molar-refractivity contribution < 1.29 is 23.5 Å². The van der Waals surface area contributed by atoms with E-state index in [1.165, 1.54) is 30.2 Å². The number of nitrogens with zero attached hydrogens (tertiary/aromatic N) is 1. The van der Waals surface area contributed by atoms with Crippen LogP contribution in [0.4, 0.5) is 4.39 Å². The molecule has 6 heteroatoms. The van der Waals surface area contributed by atoms with Gasteiger partial charge in [0.05, 0.1) is 13.7 Å². The molecule has 1 aromatic rings. The molecule has 1 atom stereocenters. The lowest BCUT2D eigenvalue weighted by Crippen LogP contribution is -2.44. The Morgan fingerprint density at radius 3 is 2.65 bits per heavy atom. The summed E-state index contributed by atoms with van der Waals surface area (Å²) >= 11 is 0. The van der Waals surface area contributed by atoms with E-state index in [2.05, 4.69) is 0 Å². The average Bonchev–Trinajstić information content (AvgIpc) is 2.86. The van der Waals surface area contributed by atoms with Gasteiger partial charge in [0.1, 0.15) is 11.8 Å². The molecule has 0 aliphatic carbocycles. The van der Waals surface area contributed by atoms with Crippen molar-refractivity contribution in [2.75, 3.05) is 13.7 Å². The largest absolute Gasteiger partial charge is 0.467 e. The second-order valence-corrected chi connectivity index (χ2v) is 5.78. The maximum absolute atomic E-state index is 13.6. The second kappa shape index (κ2) is 7.26. The van der Waals surface area contributed by atoms with Gasteiger partial charge in [0.15, 0.2) is 11.6 Å². The Hall–Kier alpha value is -2.37. The lowest BCUT2D eigenvalue weighted by molar-refractivity contribution is -0.151. The number of methoxy groups -OCH3 is 1. The zero-order chi connectivity index (χ0) is 17.0. The van der Waals surface area contributed by atoms with Crippen molar-refractivity contribution in [2.24, 2.45) is 5.92 Å². The quantitative estimate of drug-likeness (QED) is 0.756. The molecular formula is C17H20FNO4. The second-order valence-electron chi connectivity index (χ2n) is 5.78. The third-order valence-corrected chi connectivity index (χ3v) is 3.52. The first-order valence-corrected chi connectivity index (χ1v) is 7.43. The maximum Gasteiger partial charge on any atom is 0.328 e. The molecule has 0 spiro atoms. The van der Waals surface area contributed by atoms with Crippen LogP contribution in [0.5, 0.6) is 5.75 Å². The zero-order valence-electron chi connectivity index (χ0n) is 13.4. The first-order valence-electron chi connectivity index (χ1n) is 7.43. The Morgan fingerprint density at radius 1 is 1.35 bits per heavy atom. The molecule has 124 valence electrons. The van der Waals surface area contributed by atoms with E-state index in [1.54, 1.807) is 12.1 Å². The molecule has 2 rings (SSSR count). The van der Waals surface area contributed by atoms with E-state index >= 15 is 0 Å². The van der Waals surface area contributed by atoms with Crippen LogP contribution < -0.4 is 4.74 Å². The molecule has 1 aromatic carbocycles. The Balaban J connectivity index is 2.11. The number of rotatable bonds is 6. The monoisotopic (exact) mass is 321 g/mol. The van der Waals surface area contributed by atoms with E-state index in [0.717, 1.165) is 0 Å². The fraction of sp³-hybridized carbons (Fsp3) is 0.412. The molecule has 0 radical (unpaired) electrons. The molecule has 0 unspecified atom stereocenters. The van der Waals surface area contributed by atoms with Gasteiger partial charge in [-0.1, -0.05) is 26.0 Å². The zero-order valence-corrected chi connectivity index (χ0v) is 13.4. The van der Waals surface area contributed by atoms with Gasteiger partial charge in [-0.15, -0.1) is 0 Å². The summed E-state index contributed by atoms with van der Waals surface area (Å²) < 4.78 is 23.9. The number of halogens is 1. The van der Waals surface area contributed by atoms with Crippen LogP contribution in [-0.4, -0.2) is 36.5 Å². The van der Waals surface area contributed by atoms with Crippen LogP contribution >= 0.6 is 0 Å². The highest BCUT2D eigenvalue weighted by Gasteiger charge is 2.35. The summed E-state index contributed by atoms with van der Waals surface area (Å²) in [6, 6.07) is 5.28. The topological polar surface area (TPSA) is 55.8 Å². The summed E-state index contributed by atoms with van der Waals surface area (Å²) in [5, 5.41) is 0. The minimum Gasteiger partial charge on any atom is -0.467 e. The Morgan fingerprint density at radius 2 is 2.04 bits per heavy atom. The van der Waals surface area contributed by atoms with Crippen molar-refractivity contribution in [1.29, 1.82) is 0 Å². The number of para-hydroxylation sites is 1. The summed E-state index contributed by atoms with van der Waals surface area (Å²) in [4.78, 5) is 25.5. The van der Waals surface area contributed by atoms with Crippen molar-refractivity contribution in [3.8, 4) is 5.75 Å². The van der Waals surface area contributed by atoms with Gasteiger partial charge >= 0.3 is 5.97 Å². The number of hydrogen-bond donors (Lipinski definition) is 0. The van der Waals surface area contributed by atoms with Gasteiger partial charge in [-0.25, -0.2) is 9.18 Å². The van der Waals surface area contributed by atoms with Crippen LogP contribution in [0.1, 0.15) is 20.3 Å². The number of carbonyl (C=O) groups is 2. The van der Waals surface area contributed by atoms with Crippen LogP contribution in [0.25, 0.3) is 0 Å². The highest BCUT2D eigenvalue weighted by molar-refractivity contribution is 5.94. The Bertz CT molecular complexity index is 627. The SMILES string of the molecule is COC(=O)[C@H](CC(C)C)N1CC(Oc2ccccc2F)=CC1=O. The first kappa shape index (κ1) is 17.0. The van der Waals surface area contributed by atoms with Crippen molar-refractivity contribution in [3.63, 3.8) is 0 Å². The number of amides is 1. The number of ether oxygens (including phenoxy) is 2. The van der Waals surface area contributed by atoms with Crippen molar-refractivity contribution in [3.05, 3.63) is 41.9 Å². The summed E-state index contributed by atoms with van der Waals surface area (Å²) in [7, 11) is 1.29. The number of benzene rings is 1. The van der Waals surface area contributed by atoms with Gasteiger partial charge in [0.25, 0.3) is 5.91 Å². The van der Waals surface area contributed by atoms with Gasteiger partial charge in [-0.2, -0.15) is 0 Å². The van der Waals surface area contributed by atoms with Crippen LogP contribution in [0, 0.1) is 11.7 Å². The fourth-order valence-corrected chi connectivity index (χ4v) is 2.44. The average molecular weight is 321 g/mol. The Kier molecular flexibility index (Phi) is 5.36. The van der Waals surface area contributed by atoms with Crippen molar-refractivity contribution in [1.82, 2.24) is 4.90 Å². The van der Waals surface area contributed by atoms with Crippen molar-refractivity contribution in [2.45, 2.75) is 26.3 Å². The number of carbonyl (C=O) groups excluding carboxylic acids is 2. The highest BCUT2D eigenvalue weighted by atomic mass is 19.1. The third kappa shape index (κ3) is 4.09. The molecule has 0 bridgehead atoms. The highest BCUT2D eigenvalue weighted by Crippen LogP contribution is 2.24. The van der Waals surface area contributed by atoms with E-state index in [4.69, 9.17) is 9.47 Å². The van der Waals surface area contributed by atoms with Gasteiger partial charge in [0.2, 0.25) is 0 Å². The third-order valence-electron chi connectivity index (χ3n) is 3.52. The van der Waals surface area contributed by atoms with Crippen LogP contribution in [0.3, 0.4) is 0 Å². The molecule has 0 N–H and O–H groups in total. The van der Waals surface area contributed by atoms with Crippen LogP contribution in [0.2, 0.25) is 0 Å². The van der Waals surface area contributed by atoms with E-state index in [0.29, 0.717) is 12.2 Å². The molecule has 1 aliphatic heterocycles.